The van der Waals surface area contributed by atoms with Crippen molar-refractivity contribution in [2.75, 3.05) is 13.2 Å². The van der Waals surface area contributed by atoms with Gasteiger partial charge in [0.05, 0.1) is 13.0 Å². The first-order valence-corrected chi connectivity index (χ1v) is 4.66. The van der Waals surface area contributed by atoms with Crippen molar-refractivity contribution in [2.45, 2.75) is 18.7 Å². The van der Waals surface area contributed by atoms with E-state index in [1.54, 1.807) is 6.92 Å². The minimum Gasteiger partial charge on any atom is -0.466 e. The molecule has 0 aromatic rings. The van der Waals surface area contributed by atoms with Crippen LogP contribution in [0.1, 0.15) is 13.3 Å². The topological polar surface area (TPSA) is 55.4 Å². The van der Waals surface area contributed by atoms with E-state index in [-0.39, 0.29) is 24.2 Å². The molecule has 13 heavy (non-hydrogen) atoms. The maximum atomic E-state index is 11.0. The van der Waals surface area contributed by atoms with E-state index in [1.165, 1.54) is 0 Å². The lowest BCUT2D eigenvalue weighted by atomic mass is 10.0. The molecule has 2 atom stereocenters. The van der Waals surface area contributed by atoms with Gasteiger partial charge in [-0.3, -0.25) is 9.59 Å². The molecule has 1 aliphatic heterocycles. The van der Waals surface area contributed by atoms with Gasteiger partial charge in [0, 0.05) is 12.5 Å². The van der Waals surface area contributed by atoms with Gasteiger partial charge < -0.3 is 10.1 Å². The fourth-order valence-electron chi connectivity index (χ4n) is 1.26. The Hall–Kier alpha value is -0.770. The molecule has 1 aliphatic rings. The number of nitrogens with one attached hydrogen (secondary N) is 1. The first kappa shape index (κ1) is 10.3. The lowest BCUT2D eigenvalue weighted by molar-refractivity contribution is -0.144. The summed E-state index contributed by atoms with van der Waals surface area (Å²) in [7, 11) is 0. The molecule has 0 aromatic heterocycles. The second-order valence-corrected chi connectivity index (χ2v) is 3.39. The molecule has 5 heteroatoms. The van der Waals surface area contributed by atoms with Crippen LogP contribution in [-0.4, -0.2) is 30.4 Å². The third-order valence-electron chi connectivity index (χ3n) is 1.94. The number of carbonyl (C=O) groups excluding carboxylic acids is 2. The van der Waals surface area contributed by atoms with Crippen LogP contribution in [0.5, 0.6) is 0 Å². The number of rotatable bonds is 3. The summed E-state index contributed by atoms with van der Waals surface area (Å²) in [4.78, 5) is 22.0. The molecular weight excluding hydrogens is 194 g/mol. The molecule has 0 saturated carbocycles. The van der Waals surface area contributed by atoms with E-state index >= 15 is 0 Å². The fraction of sp³-hybridized carbons (Fsp3) is 0.750. The number of esters is 1. The number of hydrogen-bond acceptors (Lipinski definition) is 3. The predicted octanol–water partition coefficient (Wildman–Crippen LogP) is 0.293. The van der Waals surface area contributed by atoms with Crippen molar-refractivity contribution in [1.29, 1.82) is 0 Å². The molecule has 0 radical (unpaired) electrons. The monoisotopic (exact) mass is 205 g/mol. The molecule has 1 heterocycles. The molecule has 1 fully saturated rings. The van der Waals surface area contributed by atoms with E-state index in [2.05, 4.69) is 5.32 Å². The molecule has 0 aromatic carbocycles. The Balaban J connectivity index is 2.37. The molecule has 1 saturated heterocycles. The second kappa shape index (κ2) is 4.46. The second-order valence-electron chi connectivity index (χ2n) is 2.92. The molecule has 4 nitrogen and oxygen atoms in total. The first-order chi connectivity index (χ1) is 6.15. The van der Waals surface area contributed by atoms with Crippen molar-refractivity contribution in [2.24, 2.45) is 5.92 Å². The molecule has 0 bridgehead atoms. The molecule has 74 valence electrons. The van der Waals surface area contributed by atoms with Crippen LogP contribution in [-0.2, 0) is 14.3 Å². The van der Waals surface area contributed by atoms with E-state index < -0.39 is 5.38 Å². The van der Waals surface area contributed by atoms with Crippen LogP contribution in [0.2, 0.25) is 0 Å². The maximum absolute atomic E-state index is 11.0. The van der Waals surface area contributed by atoms with Gasteiger partial charge in [0.25, 0.3) is 0 Å². The van der Waals surface area contributed by atoms with E-state index in [0.29, 0.717) is 13.2 Å². The van der Waals surface area contributed by atoms with Crippen molar-refractivity contribution in [1.82, 2.24) is 5.32 Å². The number of alkyl halides is 1. The van der Waals surface area contributed by atoms with Crippen LogP contribution in [0.3, 0.4) is 0 Å². The smallest absolute Gasteiger partial charge is 0.306 e. The van der Waals surface area contributed by atoms with Gasteiger partial charge in [-0.2, -0.15) is 0 Å². The highest BCUT2D eigenvalue weighted by atomic mass is 35.5. The minimum atomic E-state index is -0.593. The summed E-state index contributed by atoms with van der Waals surface area (Å²) in [6, 6.07) is 0. The summed E-state index contributed by atoms with van der Waals surface area (Å²) in [5.41, 5.74) is 0. The highest BCUT2D eigenvalue weighted by Gasteiger charge is 2.34. The molecular formula is C8H12ClNO3. The van der Waals surface area contributed by atoms with Gasteiger partial charge in [-0.15, -0.1) is 11.6 Å². The summed E-state index contributed by atoms with van der Waals surface area (Å²) in [5.74, 6) is -0.626. The van der Waals surface area contributed by atoms with Gasteiger partial charge in [0.2, 0.25) is 5.91 Å². The molecule has 0 unspecified atom stereocenters. The van der Waals surface area contributed by atoms with E-state index in [9.17, 15) is 9.59 Å². The summed E-state index contributed by atoms with van der Waals surface area (Å²) < 4.78 is 4.75. The van der Waals surface area contributed by atoms with Crippen molar-refractivity contribution >= 4 is 23.5 Å². The van der Waals surface area contributed by atoms with Gasteiger partial charge in [-0.25, -0.2) is 0 Å². The van der Waals surface area contributed by atoms with Gasteiger partial charge in [0.15, 0.2) is 0 Å². The van der Waals surface area contributed by atoms with Crippen LogP contribution in [0.25, 0.3) is 0 Å². The number of ether oxygens (including phenoxy) is 1. The molecule has 0 aliphatic carbocycles. The Morgan fingerprint density at radius 3 is 2.92 bits per heavy atom. The van der Waals surface area contributed by atoms with Gasteiger partial charge in [0.1, 0.15) is 5.38 Å². The normalized spacial score (nSPS) is 27.1. The summed E-state index contributed by atoms with van der Waals surface area (Å²) >= 11 is 5.75. The van der Waals surface area contributed by atoms with Crippen LogP contribution in [0, 0.1) is 5.92 Å². The predicted molar refractivity (Wildman–Crippen MR) is 47.4 cm³/mol. The van der Waals surface area contributed by atoms with Crippen molar-refractivity contribution < 1.29 is 14.3 Å². The maximum Gasteiger partial charge on any atom is 0.306 e. The Bertz CT molecular complexity index is 219. The lowest BCUT2D eigenvalue weighted by Gasteiger charge is -2.09. The standard InChI is InChI=1S/C8H12ClNO3/c1-2-13-6(11)3-5-4-10-8(12)7(5)9/h5,7H,2-4H2,1H3,(H,10,12)/t5-,7+/m1/s1. The highest BCUT2D eigenvalue weighted by Crippen LogP contribution is 2.20. The first-order valence-electron chi connectivity index (χ1n) is 4.22. The SMILES string of the molecule is CCOC(=O)C[C@@H]1CNC(=O)[C@H]1Cl. The molecule has 1 amide bonds. The average molecular weight is 206 g/mol. The Labute approximate surface area is 81.6 Å². The van der Waals surface area contributed by atoms with Crippen LogP contribution < -0.4 is 5.32 Å². The van der Waals surface area contributed by atoms with Gasteiger partial charge >= 0.3 is 5.97 Å². The van der Waals surface area contributed by atoms with Gasteiger partial charge in [-0.1, -0.05) is 0 Å². The Morgan fingerprint density at radius 1 is 1.77 bits per heavy atom. The third kappa shape index (κ3) is 2.59. The van der Waals surface area contributed by atoms with Crippen LogP contribution in [0.4, 0.5) is 0 Å². The summed E-state index contributed by atoms with van der Waals surface area (Å²) in [5, 5.41) is 2.00. The van der Waals surface area contributed by atoms with Crippen molar-refractivity contribution in [3.8, 4) is 0 Å². The fourth-order valence-corrected chi connectivity index (χ4v) is 1.51. The van der Waals surface area contributed by atoms with E-state index in [4.69, 9.17) is 16.3 Å². The summed E-state index contributed by atoms with van der Waals surface area (Å²) in [6.07, 6.45) is 0.209. The molecule has 0 spiro atoms. The largest absolute Gasteiger partial charge is 0.466 e. The molecule has 1 N–H and O–H groups in total. The van der Waals surface area contributed by atoms with E-state index in [0.717, 1.165) is 0 Å². The van der Waals surface area contributed by atoms with E-state index in [1.807, 2.05) is 0 Å². The van der Waals surface area contributed by atoms with Crippen LogP contribution >= 0.6 is 11.6 Å². The minimum absolute atomic E-state index is 0.131. The number of amides is 1. The number of halogens is 1. The zero-order valence-electron chi connectivity index (χ0n) is 7.38. The Morgan fingerprint density at radius 2 is 2.46 bits per heavy atom. The quantitative estimate of drug-likeness (QED) is 0.533. The highest BCUT2D eigenvalue weighted by molar-refractivity contribution is 6.31. The van der Waals surface area contributed by atoms with Crippen LogP contribution in [0.15, 0.2) is 0 Å². The lowest BCUT2D eigenvalue weighted by Crippen LogP contribution is -2.21. The number of hydrogen-bond donors (Lipinski definition) is 1. The third-order valence-corrected chi connectivity index (χ3v) is 2.49. The zero-order chi connectivity index (χ0) is 9.84. The Kier molecular flexibility index (Phi) is 3.54. The van der Waals surface area contributed by atoms with Crippen molar-refractivity contribution in [3.05, 3.63) is 0 Å². The summed E-state index contributed by atoms with van der Waals surface area (Å²) in [6.45, 7) is 2.57. The molecule has 1 rings (SSSR count). The number of carbonyl (C=O) groups is 2. The average Bonchev–Trinajstić information content (AvgIpc) is 2.37. The zero-order valence-corrected chi connectivity index (χ0v) is 8.13. The van der Waals surface area contributed by atoms with Crippen molar-refractivity contribution in [3.63, 3.8) is 0 Å². The van der Waals surface area contributed by atoms with Gasteiger partial charge in [-0.05, 0) is 6.92 Å².